The Morgan fingerprint density at radius 1 is 0.320 bits per heavy atom. The van der Waals surface area contributed by atoms with Crippen LogP contribution in [0.1, 0.15) is 45.6 Å². The van der Waals surface area contributed by atoms with Gasteiger partial charge in [-0.2, -0.15) is 18.7 Å². The maximum Gasteiger partial charge on any atom is 0.191 e. The van der Waals surface area contributed by atoms with Crippen LogP contribution in [0.3, 0.4) is 0 Å². The predicted molar refractivity (Wildman–Crippen MR) is 181 cm³/mol. The number of benzene rings is 4. The highest BCUT2D eigenvalue weighted by molar-refractivity contribution is 5.99. The van der Waals surface area contributed by atoms with E-state index in [1.807, 2.05) is 125 Å². The van der Waals surface area contributed by atoms with Crippen LogP contribution in [0.4, 0.5) is 0 Å². The predicted octanol–water partition coefficient (Wildman–Crippen LogP) is 3.83. The zero-order valence-electron chi connectivity index (χ0n) is 27.4. The second-order valence-electron chi connectivity index (χ2n) is 11.7. The van der Waals surface area contributed by atoms with Gasteiger partial charge in [-0.25, -0.2) is 0 Å². The first-order valence-electron chi connectivity index (χ1n) is 15.6. The Morgan fingerprint density at radius 2 is 0.520 bits per heavy atom. The fraction of sp³-hybridized carbons (Fsp3) is 0.118. The summed E-state index contributed by atoms with van der Waals surface area (Å²) in [5, 5.41) is 52.4. The normalized spacial score (nSPS) is 11.2. The lowest BCUT2D eigenvalue weighted by Gasteiger charge is -2.16. The van der Waals surface area contributed by atoms with Gasteiger partial charge < -0.3 is 0 Å². The van der Waals surface area contributed by atoms with E-state index in [4.69, 9.17) is 0 Å². The molecular weight excluding hydrogens is 632 g/mol. The van der Waals surface area contributed by atoms with Crippen molar-refractivity contribution in [3.05, 3.63) is 143 Å². The monoisotopic (exact) mass is 660 g/mol. The molecule has 50 heavy (non-hydrogen) atoms. The fourth-order valence-electron chi connectivity index (χ4n) is 5.46. The summed E-state index contributed by atoms with van der Waals surface area (Å²) in [5.41, 5.74) is 7.89. The van der Waals surface area contributed by atoms with E-state index in [2.05, 4.69) is 62.1 Å². The van der Waals surface area contributed by atoms with Gasteiger partial charge in [0.2, 0.25) is 0 Å². The Hall–Kier alpha value is -7.10. The van der Waals surface area contributed by atoms with Crippen LogP contribution in [0, 0.1) is 27.7 Å². The summed E-state index contributed by atoms with van der Waals surface area (Å²) in [6.45, 7) is 8.05. The van der Waals surface area contributed by atoms with Gasteiger partial charge in [0.1, 0.15) is 0 Å². The van der Waals surface area contributed by atoms with Crippen molar-refractivity contribution in [2.75, 3.05) is 0 Å². The molecule has 0 unspecified atom stereocenters. The maximum absolute atomic E-state index is 4.57. The van der Waals surface area contributed by atoms with E-state index in [0.29, 0.717) is 57.2 Å². The van der Waals surface area contributed by atoms with Crippen molar-refractivity contribution >= 4 is 11.1 Å². The van der Waals surface area contributed by atoms with Gasteiger partial charge in [0, 0.05) is 0 Å². The Labute approximate surface area is 284 Å². The first-order chi connectivity index (χ1) is 24.4. The minimum atomic E-state index is 0.295. The van der Waals surface area contributed by atoms with E-state index in [0.717, 1.165) is 22.3 Å². The molecule has 0 bridgehead atoms. The molecule has 16 nitrogen and oxygen atoms in total. The van der Waals surface area contributed by atoms with Crippen molar-refractivity contribution in [1.82, 2.24) is 80.8 Å². The molecule has 0 aliphatic carbocycles. The highest BCUT2D eigenvalue weighted by Crippen LogP contribution is 2.36. The summed E-state index contributed by atoms with van der Waals surface area (Å²) in [5.74, 6) is 1.18. The Balaban J connectivity index is 1.50. The molecule has 0 fully saturated rings. The van der Waals surface area contributed by atoms with Crippen molar-refractivity contribution in [2.45, 2.75) is 27.7 Å². The van der Waals surface area contributed by atoms with Crippen LogP contribution in [0.15, 0.2) is 97.1 Å². The average molecular weight is 661 g/mol. The van der Waals surface area contributed by atoms with Gasteiger partial charge in [-0.15, -0.1) is 20.4 Å². The Bertz CT molecular complexity index is 2100. The van der Waals surface area contributed by atoms with Gasteiger partial charge in [0.05, 0.1) is 33.9 Å². The summed E-state index contributed by atoms with van der Waals surface area (Å²) in [6.07, 6.45) is 0. The third-order valence-corrected chi connectivity index (χ3v) is 8.14. The molecule has 0 N–H and O–H groups in total. The summed E-state index contributed by atoms with van der Waals surface area (Å²) in [7, 11) is 0. The molecule has 0 radical (unpaired) electrons. The first kappa shape index (κ1) is 30.2. The van der Waals surface area contributed by atoms with Crippen molar-refractivity contribution in [1.29, 1.82) is 0 Å². The third-order valence-electron chi connectivity index (χ3n) is 8.14. The Kier molecular flexibility index (Phi) is 7.56. The topological polar surface area (TPSA) is 174 Å². The number of hydrogen-bond acceptors (Lipinski definition) is 12. The smallest absolute Gasteiger partial charge is 0.191 e. The van der Waals surface area contributed by atoms with E-state index >= 15 is 0 Å². The molecular formula is C34H28N16. The minimum Gasteiger partial charge on any atom is -0.193 e. The molecule has 4 aromatic carbocycles. The Morgan fingerprint density at radius 3 is 0.720 bits per heavy atom. The van der Waals surface area contributed by atoms with E-state index in [1.54, 1.807) is 18.7 Å². The number of aryl methyl sites for hydroxylation is 4. The number of aromatic nitrogens is 16. The van der Waals surface area contributed by atoms with Gasteiger partial charge in [-0.05, 0) is 118 Å². The van der Waals surface area contributed by atoms with E-state index < -0.39 is 0 Å². The van der Waals surface area contributed by atoms with Crippen LogP contribution in [0.2, 0.25) is 0 Å². The average Bonchev–Trinajstić information content (AvgIpc) is 3.96. The van der Waals surface area contributed by atoms with Crippen molar-refractivity contribution in [2.24, 2.45) is 0 Å². The number of nitrogens with zero attached hydrogens (tertiary/aromatic N) is 16. The highest BCUT2D eigenvalue weighted by Gasteiger charge is 2.33. The lowest BCUT2D eigenvalue weighted by molar-refractivity contribution is 0.775. The first-order valence-corrected chi connectivity index (χ1v) is 15.6. The molecule has 4 aromatic heterocycles. The molecule has 0 aliphatic heterocycles. The molecule has 244 valence electrons. The van der Waals surface area contributed by atoms with Crippen LogP contribution in [0.5, 0.6) is 0 Å². The molecule has 16 heteroatoms. The standard InChI is InChI=1S/C34H28N16/c1-21-5-13-25(14-6-21)47-31(35-39-43-47)29(32-36-40-44-48(32)26-15-7-22(2)8-16-26)30(33-37-41-45-49(33)27-17-9-23(3)10-18-27)34-38-42-46-50(34)28-19-11-24(4)12-20-28/h5-20H,1-4H3. The van der Waals surface area contributed by atoms with Crippen LogP contribution in [0.25, 0.3) is 33.9 Å². The van der Waals surface area contributed by atoms with E-state index in [1.165, 1.54) is 0 Å². The van der Waals surface area contributed by atoms with Gasteiger partial charge in [-0.1, -0.05) is 70.8 Å². The molecule has 4 heterocycles. The van der Waals surface area contributed by atoms with E-state index in [-0.39, 0.29) is 0 Å². The van der Waals surface area contributed by atoms with Crippen LogP contribution >= 0.6 is 0 Å². The molecule has 0 amide bonds. The number of rotatable bonds is 8. The van der Waals surface area contributed by atoms with E-state index in [9.17, 15) is 0 Å². The summed E-state index contributed by atoms with van der Waals surface area (Å²) in [6, 6.07) is 31.3. The number of tetrazole rings is 4. The highest BCUT2D eigenvalue weighted by atomic mass is 15.6. The second-order valence-corrected chi connectivity index (χ2v) is 11.7. The molecule has 0 atom stereocenters. The van der Waals surface area contributed by atoms with Crippen molar-refractivity contribution in [3.63, 3.8) is 0 Å². The van der Waals surface area contributed by atoms with Crippen LogP contribution in [-0.2, 0) is 0 Å². The van der Waals surface area contributed by atoms with Crippen molar-refractivity contribution in [3.8, 4) is 22.7 Å². The molecule has 8 aromatic rings. The quantitative estimate of drug-likeness (QED) is 0.231. The SMILES string of the molecule is Cc1ccc(-n2nnnc2C(=C(c2nnnn2-c2ccc(C)cc2)c2nnnn2-c2ccc(C)cc2)c2nnnn2-c2ccc(C)cc2)cc1. The largest absolute Gasteiger partial charge is 0.193 e. The lowest BCUT2D eigenvalue weighted by Crippen LogP contribution is -2.15. The van der Waals surface area contributed by atoms with Gasteiger partial charge >= 0.3 is 0 Å². The molecule has 0 saturated heterocycles. The summed E-state index contributed by atoms with van der Waals surface area (Å²) < 4.78 is 6.46. The minimum absolute atomic E-state index is 0.295. The van der Waals surface area contributed by atoms with Gasteiger partial charge in [-0.3, -0.25) is 0 Å². The van der Waals surface area contributed by atoms with Crippen molar-refractivity contribution < 1.29 is 0 Å². The van der Waals surface area contributed by atoms with Crippen LogP contribution in [-0.4, -0.2) is 80.8 Å². The maximum atomic E-state index is 4.57. The second kappa shape index (κ2) is 12.5. The van der Waals surface area contributed by atoms with Crippen LogP contribution < -0.4 is 0 Å². The zero-order valence-corrected chi connectivity index (χ0v) is 27.4. The molecule has 0 spiro atoms. The zero-order chi connectivity index (χ0) is 34.2. The van der Waals surface area contributed by atoms with Gasteiger partial charge in [0.25, 0.3) is 0 Å². The number of hydrogen-bond donors (Lipinski definition) is 0. The third kappa shape index (κ3) is 5.49. The van der Waals surface area contributed by atoms with Gasteiger partial charge in [0.15, 0.2) is 23.3 Å². The fourth-order valence-corrected chi connectivity index (χ4v) is 5.46. The molecule has 0 saturated carbocycles. The summed E-state index contributed by atoms with van der Waals surface area (Å²) >= 11 is 0. The molecule has 8 rings (SSSR count). The lowest BCUT2D eigenvalue weighted by atomic mass is 10.0. The molecule has 0 aliphatic rings. The summed E-state index contributed by atoms with van der Waals surface area (Å²) in [4.78, 5) is 0.